The molecule has 0 heterocycles. The third-order valence-electron chi connectivity index (χ3n) is 3.56. The molecule has 2 rings (SSSR count). The van der Waals surface area contributed by atoms with E-state index >= 15 is 0 Å². The van der Waals surface area contributed by atoms with Gasteiger partial charge in [0.25, 0.3) is 11.8 Å². The smallest absolute Gasteiger partial charge is 0.263 e. The van der Waals surface area contributed by atoms with Gasteiger partial charge in [0.1, 0.15) is 17.3 Å². The zero-order valence-electron chi connectivity index (χ0n) is 14.6. The molecule has 138 valence electrons. The molecule has 0 aromatic heterocycles. The number of carbonyl (C=O) groups excluding carboxylic acids is 2. The average molecular weight is 360 g/mol. The zero-order chi connectivity index (χ0) is 19.2. The Bertz CT molecular complexity index is 758. The number of rotatable bonds is 7. The summed E-state index contributed by atoms with van der Waals surface area (Å²) >= 11 is 0. The number of carbonyl (C=O) groups is 2. The summed E-state index contributed by atoms with van der Waals surface area (Å²) in [6, 6.07) is 11.2. The van der Waals surface area contributed by atoms with Crippen LogP contribution in [0.1, 0.15) is 24.2 Å². The Kier molecular flexibility index (Phi) is 6.16. The molecular formula is C19H21FN2O4. The maximum Gasteiger partial charge on any atom is 0.263 e. The number of aromatic hydroxyl groups is 1. The molecule has 3 N–H and O–H groups in total. The Morgan fingerprint density at radius 2 is 1.58 bits per heavy atom. The molecule has 6 nitrogen and oxygen atoms in total. The topological polar surface area (TPSA) is 87.7 Å². The van der Waals surface area contributed by atoms with Gasteiger partial charge in [-0.1, -0.05) is 0 Å². The van der Waals surface area contributed by atoms with Crippen molar-refractivity contribution in [2.75, 3.05) is 13.1 Å². The highest BCUT2D eigenvalue weighted by Gasteiger charge is 2.29. The molecule has 0 spiro atoms. The van der Waals surface area contributed by atoms with Crippen LogP contribution in [0.5, 0.6) is 11.5 Å². The van der Waals surface area contributed by atoms with Crippen LogP contribution in [-0.2, 0) is 4.79 Å². The molecular weight excluding hydrogens is 339 g/mol. The fourth-order valence-corrected chi connectivity index (χ4v) is 2.12. The molecule has 0 radical (unpaired) electrons. The van der Waals surface area contributed by atoms with Crippen LogP contribution in [0.15, 0.2) is 48.5 Å². The van der Waals surface area contributed by atoms with E-state index < -0.39 is 5.60 Å². The quantitative estimate of drug-likeness (QED) is 0.661. The number of amides is 2. The number of phenolic OH excluding ortho intramolecular Hbond substituents is 1. The first-order chi connectivity index (χ1) is 12.3. The first-order valence-corrected chi connectivity index (χ1v) is 8.08. The van der Waals surface area contributed by atoms with E-state index in [1.807, 2.05) is 0 Å². The molecule has 2 aromatic carbocycles. The van der Waals surface area contributed by atoms with Crippen molar-refractivity contribution < 1.29 is 23.8 Å². The van der Waals surface area contributed by atoms with E-state index in [1.54, 1.807) is 13.8 Å². The third-order valence-corrected chi connectivity index (χ3v) is 3.56. The highest BCUT2D eigenvalue weighted by atomic mass is 19.1. The number of hydrogen-bond donors (Lipinski definition) is 3. The van der Waals surface area contributed by atoms with Crippen LogP contribution in [0.2, 0.25) is 0 Å². The summed E-state index contributed by atoms with van der Waals surface area (Å²) in [7, 11) is 0. The summed E-state index contributed by atoms with van der Waals surface area (Å²) in [6.07, 6.45) is 0. The second-order valence-corrected chi connectivity index (χ2v) is 6.12. The Morgan fingerprint density at radius 1 is 1.00 bits per heavy atom. The summed E-state index contributed by atoms with van der Waals surface area (Å²) in [5.74, 6) is -0.588. The monoisotopic (exact) mass is 360 g/mol. The van der Waals surface area contributed by atoms with Crippen LogP contribution in [-0.4, -0.2) is 35.6 Å². The lowest BCUT2D eigenvalue weighted by atomic mass is 10.1. The minimum absolute atomic E-state index is 0.0807. The molecule has 0 aliphatic rings. The summed E-state index contributed by atoms with van der Waals surface area (Å²) in [4.78, 5) is 24.1. The Labute approximate surface area is 151 Å². The van der Waals surface area contributed by atoms with Gasteiger partial charge in [0.2, 0.25) is 0 Å². The van der Waals surface area contributed by atoms with Crippen LogP contribution in [0.25, 0.3) is 0 Å². The molecule has 0 aliphatic carbocycles. The number of hydrogen-bond acceptors (Lipinski definition) is 4. The first kappa shape index (κ1) is 19.2. The van der Waals surface area contributed by atoms with Crippen molar-refractivity contribution in [2.45, 2.75) is 19.4 Å². The second-order valence-electron chi connectivity index (χ2n) is 6.12. The molecule has 26 heavy (non-hydrogen) atoms. The van der Waals surface area contributed by atoms with E-state index in [2.05, 4.69) is 10.6 Å². The third kappa shape index (κ3) is 5.47. The van der Waals surface area contributed by atoms with Crippen LogP contribution in [0.4, 0.5) is 4.39 Å². The molecule has 2 amide bonds. The maximum absolute atomic E-state index is 12.9. The molecule has 0 bridgehead atoms. The van der Waals surface area contributed by atoms with Gasteiger partial charge in [-0.05, 0) is 62.4 Å². The van der Waals surface area contributed by atoms with Gasteiger partial charge in [-0.2, -0.15) is 0 Å². The van der Waals surface area contributed by atoms with Crippen LogP contribution in [0, 0.1) is 5.82 Å². The maximum atomic E-state index is 12.9. The standard InChI is InChI=1S/C19H21FN2O4/c1-19(2,26-16-9-5-14(20)6-10-16)18(25)22-12-11-21-17(24)13-3-7-15(23)8-4-13/h3-10,23H,11-12H2,1-2H3,(H,21,24)(H,22,25). The lowest BCUT2D eigenvalue weighted by molar-refractivity contribution is -0.134. The van der Waals surface area contributed by atoms with Crippen LogP contribution < -0.4 is 15.4 Å². The van der Waals surface area contributed by atoms with Gasteiger partial charge in [0.05, 0.1) is 0 Å². The van der Waals surface area contributed by atoms with Crippen molar-refractivity contribution in [2.24, 2.45) is 0 Å². The van der Waals surface area contributed by atoms with Gasteiger partial charge in [-0.25, -0.2) is 4.39 Å². The van der Waals surface area contributed by atoms with Gasteiger partial charge in [-0.15, -0.1) is 0 Å². The normalized spacial score (nSPS) is 10.9. The number of halogens is 1. The van der Waals surface area contributed by atoms with Crippen molar-refractivity contribution in [3.8, 4) is 11.5 Å². The zero-order valence-corrected chi connectivity index (χ0v) is 14.6. The SMILES string of the molecule is CC(C)(Oc1ccc(F)cc1)C(=O)NCCNC(=O)c1ccc(O)cc1. The second kappa shape index (κ2) is 8.33. The number of nitrogens with one attached hydrogen (secondary N) is 2. The first-order valence-electron chi connectivity index (χ1n) is 8.08. The van der Waals surface area contributed by atoms with E-state index in [4.69, 9.17) is 4.74 Å². The van der Waals surface area contributed by atoms with Crippen molar-refractivity contribution in [3.05, 3.63) is 59.9 Å². The summed E-state index contributed by atoms with van der Waals surface area (Å²) in [6.45, 7) is 3.65. The molecule has 0 saturated carbocycles. The minimum Gasteiger partial charge on any atom is -0.508 e. The summed E-state index contributed by atoms with van der Waals surface area (Å²) < 4.78 is 18.5. The highest BCUT2D eigenvalue weighted by molar-refractivity contribution is 5.94. The fraction of sp³-hybridized carbons (Fsp3) is 0.263. The highest BCUT2D eigenvalue weighted by Crippen LogP contribution is 2.18. The van der Waals surface area contributed by atoms with Crippen molar-refractivity contribution in [1.82, 2.24) is 10.6 Å². The molecule has 0 saturated heterocycles. The van der Waals surface area contributed by atoms with E-state index in [1.165, 1.54) is 48.5 Å². The van der Waals surface area contributed by atoms with E-state index in [0.717, 1.165) is 0 Å². The van der Waals surface area contributed by atoms with Crippen molar-refractivity contribution in [3.63, 3.8) is 0 Å². The van der Waals surface area contributed by atoms with Gasteiger partial charge < -0.3 is 20.5 Å². The molecule has 2 aromatic rings. The number of ether oxygens (including phenoxy) is 1. The van der Waals surface area contributed by atoms with Crippen molar-refractivity contribution in [1.29, 1.82) is 0 Å². The van der Waals surface area contributed by atoms with E-state index in [0.29, 0.717) is 11.3 Å². The average Bonchev–Trinajstić information content (AvgIpc) is 2.60. The molecule has 0 fully saturated rings. The van der Waals surface area contributed by atoms with Gasteiger partial charge >= 0.3 is 0 Å². The van der Waals surface area contributed by atoms with Crippen LogP contribution in [0.3, 0.4) is 0 Å². The van der Waals surface area contributed by atoms with E-state index in [9.17, 15) is 19.1 Å². The lowest BCUT2D eigenvalue weighted by Gasteiger charge is -2.25. The molecule has 0 aliphatic heterocycles. The van der Waals surface area contributed by atoms with Crippen molar-refractivity contribution >= 4 is 11.8 Å². The molecule has 0 atom stereocenters. The predicted octanol–water partition coefficient (Wildman–Crippen LogP) is 2.23. The summed E-state index contributed by atoms with van der Waals surface area (Å²) in [5, 5.41) is 14.5. The summed E-state index contributed by atoms with van der Waals surface area (Å²) in [5.41, 5.74) is -0.743. The number of phenols is 1. The largest absolute Gasteiger partial charge is 0.508 e. The van der Waals surface area contributed by atoms with Gasteiger partial charge in [0.15, 0.2) is 5.60 Å². The minimum atomic E-state index is -1.15. The van der Waals surface area contributed by atoms with Gasteiger partial charge in [0, 0.05) is 18.7 Å². The van der Waals surface area contributed by atoms with Gasteiger partial charge in [-0.3, -0.25) is 9.59 Å². The Hall–Kier alpha value is -3.09. The Morgan fingerprint density at radius 3 is 2.19 bits per heavy atom. The fourth-order valence-electron chi connectivity index (χ4n) is 2.12. The Balaban J connectivity index is 1.77. The molecule has 0 unspecified atom stereocenters. The number of benzene rings is 2. The van der Waals surface area contributed by atoms with Crippen LogP contribution >= 0.6 is 0 Å². The predicted molar refractivity (Wildman–Crippen MR) is 94.6 cm³/mol. The van der Waals surface area contributed by atoms with E-state index in [-0.39, 0.29) is 36.5 Å². The molecule has 7 heteroatoms. The lowest BCUT2D eigenvalue weighted by Crippen LogP contribution is -2.48.